The van der Waals surface area contributed by atoms with Crippen molar-refractivity contribution in [2.24, 2.45) is 0 Å². The summed E-state index contributed by atoms with van der Waals surface area (Å²) in [4.78, 5) is 49.1. The molecule has 2 amide bonds. The zero-order chi connectivity index (χ0) is 68.6. The van der Waals surface area contributed by atoms with E-state index in [2.05, 4.69) is 117 Å². The van der Waals surface area contributed by atoms with Crippen molar-refractivity contribution in [2.45, 2.75) is 140 Å². The number of nitrogens with one attached hydrogen (secondary N) is 2. The molecule has 1 aliphatic heterocycles. The third-order valence-corrected chi connectivity index (χ3v) is 18.7. The van der Waals surface area contributed by atoms with E-state index in [4.69, 9.17) is 37.9 Å². The summed E-state index contributed by atoms with van der Waals surface area (Å²) in [5, 5.41) is 22.9. The second kappa shape index (κ2) is 29.7. The molecule has 24 heteroatoms. The number of sulfonamides is 2. The Labute approximate surface area is 550 Å². The third-order valence-electron chi connectivity index (χ3n) is 15.9. The molecular formula is C70H86N4O18S2. The van der Waals surface area contributed by atoms with Gasteiger partial charge in [0.25, 0.3) is 43.2 Å². The van der Waals surface area contributed by atoms with E-state index in [1.54, 1.807) is 0 Å². The fourth-order valence-corrected chi connectivity index (χ4v) is 12.7. The number of benzene rings is 6. The Balaban J connectivity index is 1.40. The van der Waals surface area contributed by atoms with Crippen LogP contribution in [0.1, 0.15) is 150 Å². The third kappa shape index (κ3) is 18.9. The quantitative estimate of drug-likeness (QED) is 0.0849. The fraction of sp³-hybridized carbons (Fsp3) is 0.457. The number of nitro benzene ring substituents is 2. The Morgan fingerprint density at radius 2 is 0.638 bits per heavy atom. The molecule has 506 valence electrons. The molecule has 0 spiro atoms. The molecular weight excluding hydrogens is 1250 g/mol. The van der Waals surface area contributed by atoms with Crippen LogP contribution in [0.5, 0.6) is 23.0 Å². The number of nitrogens with zero attached hydrogens (tertiary/aromatic N) is 2. The van der Waals surface area contributed by atoms with Gasteiger partial charge in [-0.15, -0.1) is 0 Å². The van der Waals surface area contributed by atoms with Crippen LogP contribution in [0, 0.1) is 20.2 Å². The SMILES string of the molecule is CC(C)(C)c1cc2c3c(c1)Cc1cc(C(C)(C)C)cc(c1OCC(=O)NS(=O)(=O)c1ccc([N+](=O)[O-])cc1)Cc1cc(C(C)(C)C)cc(c1OCC(=O)NS(=O)(=O)c1ccc([N+](=O)[O-])cc1)Cc1cc(C(C)(C)C)cc(c1OCCOCCOCCOCCOCCO3)C2. The molecule has 6 aromatic rings. The average molecular weight is 1340 g/mol. The smallest absolute Gasteiger partial charge is 0.271 e. The minimum absolute atomic E-state index is 0.0146. The first-order chi connectivity index (χ1) is 44.1. The minimum Gasteiger partial charge on any atom is -0.491 e. The first kappa shape index (κ1) is 71.8. The largest absolute Gasteiger partial charge is 0.491 e. The Morgan fingerprint density at radius 1 is 0.404 bits per heavy atom. The van der Waals surface area contributed by atoms with Crippen molar-refractivity contribution < 1.29 is 74.2 Å². The first-order valence-corrected chi connectivity index (χ1v) is 34.1. The second-order valence-corrected chi connectivity index (χ2v) is 30.8. The van der Waals surface area contributed by atoms with Crippen molar-refractivity contribution in [2.75, 3.05) is 79.3 Å². The van der Waals surface area contributed by atoms with Crippen LogP contribution >= 0.6 is 0 Å². The summed E-state index contributed by atoms with van der Waals surface area (Å²) in [5.74, 6) is -0.530. The summed E-state index contributed by atoms with van der Waals surface area (Å²) in [7, 11) is -9.17. The molecule has 94 heavy (non-hydrogen) atoms. The summed E-state index contributed by atoms with van der Waals surface area (Å²) in [6.07, 6.45) is 0.527. The molecule has 0 saturated heterocycles. The van der Waals surface area contributed by atoms with Crippen LogP contribution in [0.4, 0.5) is 11.4 Å². The molecule has 2 N–H and O–H groups in total. The van der Waals surface area contributed by atoms with E-state index in [0.29, 0.717) is 73.4 Å². The van der Waals surface area contributed by atoms with E-state index in [0.717, 1.165) is 93.0 Å². The van der Waals surface area contributed by atoms with Crippen LogP contribution in [0.2, 0.25) is 0 Å². The Hall–Kier alpha value is -8.00. The van der Waals surface area contributed by atoms with Crippen molar-refractivity contribution in [3.05, 3.63) is 184 Å². The number of carbonyl (C=O) groups excluding carboxylic acids is 2. The highest BCUT2D eigenvalue weighted by Crippen LogP contribution is 2.45. The maximum absolute atomic E-state index is 14.2. The topological polar surface area (TPSA) is 287 Å². The van der Waals surface area contributed by atoms with Gasteiger partial charge in [0.2, 0.25) is 0 Å². The van der Waals surface area contributed by atoms with E-state index in [1.165, 1.54) is 0 Å². The Bertz CT molecular complexity index is 3740. The van der Waals surface area contributed by atoms with E-state index >= 15 is 0 Å². The normalized spacial score (nSPS) is 15.1. The van der Waals surface area contributed by atoms with Gasteiger partial charge in [-0.3, -0.25) is 29.8 Å². The van der Waals surface area contributed by atoms with Gasteiger partial charge >= 0.3 is 0 Å². The molecule has 0 fully saturated rings. The van der Waals surface area contributed by atoms with E-state index in [9.17, 15) is 46.7 Å². The van der Waals surface area contributed by atoms with Crippen LogP contribution in [0.25, 0.3) is 0 Å². The Kier molecular flexibility index (Phi) is 22.7. The molecule has 0 radical (unpaired) electrons. The molecule has 0 saturated carbocycles. The van der Waals surface area contributed by atoms with Gasteiger partial charge in [0.05, 0.1) is 72.5 Å². The summed E-state index contributed by atoms with van der Waals surface area (Å²) in [6, 6.07) is 24.6. The maximum atomic E-state index is 14.2. The monoisotopic (exact) mass is 1330 g/mol. The number of hydrogen-bond acceptors (Lipinski definition) is 18. The number of non-ortho nitro benzene ring substituents is 2. The molecule has 1 aliphatic carbocycles. The zero-order valence-electron chi connectivity index (χ0n) is 55.6. The highest BCUT2D eigenvalue weighted by molar-refractivity contribution is 7.90. The number of ether oxygens (including phenoxy) is 8. The highest BCUT2D eigenvalue weighted by atomic mass is 32.2. The van der Waals surface area contributed by atoms with Gasteiger partial charge in [-0.1, -0.05) is 132 Å². The number of rotatable bonds is 12. The van der Waals surface area contributed by atoms with E-state index in [1.807, 2.05) is 24.3 Å². The van der Waals surface area contributed by atoms with E-state index < -0.39 is 86.4 Å². The van der Waals surface area contributed by atoms with Crippen LogP contribution < -0.4 is 28.4 Å². The van der Waals surface area contributed by atoms with Crippen LogP contribution in [-0.2, 0) is 95.9 Å². The zero-order valence-corrected chi connectivity index (χ0v) is 57.2. The van der Waals surface area contributed by atoms with Gasteiger partial charge in [-0.25, -0.2) is 26.3 Å². The summed E-state index contributed by atoms with van der Waals surface area (Å²) >= 11 is 0. The van der Waals surface area contributed by atoms with Gasteiger partial charge in [0.1, 0.15) is 36.2 Å². The van der Waals surface area contributed by atoms with Crippen molar-refractivity contribution in [1.82, 2.24) is 9.44 Å². The summed E-state index contributed by atoms with van der Waals surface area (Å²) in [5.41, 5.74) is 6.41. The number of hydrogen-bond donors (Lipinski definition) is 2. The van der Waals surface area contributed by atoms with Crippen molar-refractivity contribution in [3.8, 4) is 23.0 Å². The lowest BCUT2D eigenvalue weighted by Crippen LogP contribution is -2.34. The second-order valence-electron chi connectivity index (χ2n) is 27.5. The minimum atomic E-state index is -4.58. The maximum Gasteiger partial charge on any atom is 0.271 e. The number of carbonyl (C=O) groups is 2. The van der Waals surface area contributed by atoms with Gasteiger partial charge in [0.15, 0.2) is 13.2 Å². The predicted molar refractivity (Wildman–Crippen MR) is 354 cm³/mol. The average Bonchev–Trinajstić information content (AvgIpc) is 0.767. The molecule has 8 rings (SSSR count). The summed E-state index contributed by atoms with van der Waals surface area (Å²) in [6.45, 7) is 26.1. The van der Waals surface area contributed by atoms with Crippen LogP contribution in [0.3, 0.4) is 0 Å². The first-order valence-electron chi connectivity index (χ1n) is 31.1. The number of nitro groups is 2. The van der Waals surface area contributed by atoms with E-state index in [-0.39, 0.29) is 75.0 Å². The van der Waals surface area contributed by atoms with Crippen LogP contribution in [-0.4, -0.2) is 118 Å². The van der Waals surface area contributed by atoms with Gasteiger partial charge in [0, 0.05) is 49.9 Å². The van der Waals surface area contributed by atoms with Crippen molar-refractivity contribution in [3.63, 3.8) is 0 Å². The fourth-order valence-electron chi connectivity index (χ4n) is 10.8. The lowest BCUT2D eigenvalue weighted by Gasteiger charge is -2.29. The lowest BCUT2D eigenvalue weighted by molar-refractivity contribution is -0.385. The van der Waals surface area contributed by atoms with Crippen LogP contribution in [0.15, 0.2) is 107 Å². The molecule has 0 unspecified atom stereocenters. The standard InChI is InChI=1S/C70H86N4O18S2/c1-67(2,3)53-35-45-31-46-36-54(68(4,5)6)38-48-33-50-40-56(70(10,11)12)42-52(66(50)92-44-62(76)72-94(83,84)60-19-15-58(16-20-60)74(79)80)34-51-41-55(69(7,8)9)39-49(65(51)91-43-61(75)71-93(81,82)59-17-13-57(14-18-59)73(77)78)32-47(37-53)63(45)89-29-27-87-25-23-85-21-22-86-24-26-88-28-30-90-64(46)48/h13-20,35-42H,21-34,43-44H2,1-12H3,(H,71,75)(H,72,76). The number of fused-ring (bicyclic) bond motifs is 4. The highest BCUT2D eigenvalue weighted by Gasteiger charge is 2.31. The molecule has 2 aliphatic rings. The molecule has 0 atom stereocenters. The van der Waals surface area contributed by atoms with Gasteiger partial charge in [-0.2, -0.15) is 0 Å². The molecule has 0 aromatic heterocycles. The molecule has 22 nitrogen and oxygen atoms in total. The number of amides is 2. The summed E-state index contributed by atoms with van der Waals surface area (Å²) < 4.78 is 110. The van der Waals surface area contributed by atoms with Crippen molar-refractivity contribution in [1.29, 1.82) is 0 Å². The van der Waals surface area contributed by atoms with Crippen molar-refractivity contribution >= 4 is 43.2 Å². The Morgan fingerprint density at radius 3 is 0.894 bits per heavy atom. The molecule has 6 aromatic carbocycles. The van der Waals surface area contributed by atoms with Gasteiger partial charge in [-0.05, 0) is 113 Å². The molecule has 10 bridgehead atoms. The van der Waals surface area contributed by atoms with Gasteiger partial charge < -0.3 is 37.9 Å². The lowest BCUT2D eigenvalue weighted by atomic mass is 9.79. The molecule has 1 heterocycles. The predicted octanol–water partition coefficient (Wildman–Crippen LogP) is 11.0.